The van der Waals surface area contributed by atoms with Gasteiger partial charge in [-0.15, -0.1) is 0 Å². The lowest BCUT2D eigenvalue weighted by Gasteiger charge is -2.37. The second-order valence-electron chi connectivity index (χ2n) is 8.99. The van der Waals surface area contributed by atoms with Gasteiger partial charge in [0.1, 0.15) is 0 Å². The van der Waals surface area contributed by atoms with Gasteiger partial charge in [0.05, 0.1) is 22.4 Å². The lowest BCUT2D eigenvalue weighted by molar-refractivity contribution is -0.0893. The summed E-state index contributed by atoms with van der Waals surface area (Å²) in [6.07, 6.45) is 0. The third kappa shape index (κ3) is 4.56. The zero-order chi connectivity index (χ0) is 22.1. The van der Waals surface area contributed by atoms with Crippen LogP contribution in [0.3, 0.4) is 0 Å². The molecule has 0 atom stereocenters. The van der Waals surface area contributed by atoms with Gasteiger partial charge in [0.2, 0.25) is 0 Å². The molecule has 0 aliphatic rings. The molecule has 1 aromatic heterocycles. The molecule has 4 aromatic rings. The molecule has 3 nitrogen and oxygen atoms in total. The van der Waals surface area contributed by atoms with Gasteiger partial charge in [0.15, 0.2) is 0 Å². The molecular formula is C27H28BNO2. The second-order valence-corrected chi connectivity index (χ2v) is 8.99. The average Bonchev–Trinajstić information content (AvgIpc) is 2.77. The molecule has 0 spiro atoms. The number of aliphatic hydroxyl groups is 1. The minimum Gasteiger partial charge on any atom is -0.427 e. The number of fused-ring (bicyclic) bond motifs is 1. The maximum absolute atomic E-state index is 10.3. The minimum atomic E-state index is -0.921. The highest BCUT2D eigenvalue weighted by atomic mass is 16.5. The van der Waals surface area contributed by atoms with Crippen LogP contribution < -0.4 is 5.46 Å². The standard InChI is InChI=1S/C27H28BNO2/c1-26(2,30)27(3,4)31-28-21-16-14-20(15-17-21)25-18-23(19-10-6-5-7-11-19)22-12-8-9-13-24(22)29-25/h5-18,28,30H,1-4H3. The SMILES string of the molecule is CC(C)(O)C(C)(C)OBc1ccc(-c2cc(-c3ccccc3)c3ccccc3n2)cc1. The fraction of sp³-hybridized carbons (Fsp3) is 0.222. The van der Waals surface area contributed by atoms with Crippen LogP contribution in [0.25, 0.3) is 33.3 Å². The maximum Gasteiger partial charge on any atom is 0.309 e. The van der Waals surface area contributed by atoms with E-state index >= 15 is 0 Å². The number of rotatable bonds is 6. The van der Waals surface area contributed by atoms with Gasteiger partial charge in [-0.1, -0.05) is 78.3 Å². The van der Waals surface area contributed by atoms with E-state index in [1.165, 1.54) is 11.1 Å². The first-order chi connectivity index (χ1) is 14.7. The predicted molar refractivity (Wildman–Crippen MR) is 131 cm³/mol. The van der Waals surface area contributed by atoms with E-state index < -0.39 is 11.2 Å². The lowest BCUT2D eigenvalue weighted by atomic mass is 9.82. The molecule has 31 heavy (non-hydrogen) atoms. The summed E-state index contributed by atoms with van der Waals surface area (Å²) in [6, 6.07) is 29.2. The van der Waals surface area contributed by atoms with E-state index in [4.69, 9.17) is 9.64 Å². The van der Waals surface area contributed by atoms with Crippen molar-refractivity contribution < 1.29 is 9.76 Å². The van der Waals surface area contributed by atoms with Gasteiger partial charge in [-0.25, -0.2) is 4.98 Å². The Morgan fingerprint density at radius 2 is 1.42 bits per heavy atom. The highest BCUT2D eigenvalue weighted by molar-refractivity contribution is 6.47. The van der Waals surface area contributed by atoms with Crippen LogP contribution in [-0.2, 0) is 4.65 Å². The summed E-state index contributed by atoms with van der Waals surface area (Å²) in [7, 11) is 0.442. The van der Waals surface area contributed by atoms with Crippen molar-refractivity contribution in [2.75, 3.05) is 0 Å². The van der Waals surface area contributed by atoms with E-state index in [-0.39, 0.29) is 0 Å². The van der Waals surface area contributed by atoms with Crippen molar-refractivity contribution in [3.8, 4) is 22.4 Å². The normalized spacial score (nSPS) is 12.2. The van der Waals surface area contributed by atoms with Crippen LogP contribution in [0.1, 0.15) is 27.7 Å². The molecule has 3 aromatic carbocycles. The van der Waals surface area contributed by atoms with Crippen molar-refractivity contribution in [1.29, 1.82) is 0 Å². The number of aromatic nitrogens is 1. The first kappa shape index (κ1) is 21.3. The maximum atomic E-state index is 10.3. The van der Waals surface area contributed by atoms with Crippen LogP contribution in [-0.4, -0.2) is 28.8 Å². The number of hydrogen-bond donors (Lipinski definition) is 1. The minimum absolute atomic E-state index is 0.442. The molecule has 4 heteroatoms. The summed E-state index contributed by atoms with van der Waals surface area (Å²) in [5.41, 5.74) is 4.85. The Bertz CT molecular complexity index is 1180. The van der Waals surface area contributed by atoms with Crippen LogP contribution in [0.2, 0.25) is 0 Å². The second kappa shape index (κ2) is 8.29. The Balaban J connectivity index is 1.65. The zero-order valence-electron chi connectivity index (χ0n) is 18.6. The molecule has 0 aliphatic carbocycles. The van der Waals surface area contributed by atoms with Gasteiger partial charge in [0.25, 0.3) is 0 Å². The third-order valence-corrected chi connectivity index (χ3v) is 6.12. The molecule has 0 saturated carbocycles. The fourth-order valence-electron chi connectivity index (χ4n) is 3.39. The van der Waals surface area contributed by atoms with Gasteiger partial charge in [-0.3, -0.25) is 0 Å². The van der Waals surface area contributed by atoms with Crippen molar-refractivity contribution in [2.45, 2.75) is 38.9 Å². The Kier molecular flexibility index (Phi) is 5.70. The molecule has 0 amide bonds. The molecule has 4 rings (SSSR count). The largest absolute Gasteiger partial charge is 0.427 e. The summed E-state index contributed by atoms with van der Waals surface area (Å²) in [5, 5.41) is 11.4. The molecular weight excluding hydrogens is 381 g/mol. The molecule has 0 radical (unpaired) electrons. The Morgan fingerprint density at radius 3 is 2.10 bits per heavy atom. The van der Waals surface area contributed by atoms with Gasteiger partial charge in [-0.2, -0.15) is 0 Å². The van der Waals surface area contributed by atoms with Crippen LogP contribution in [0.15, 0.2) is 84.9 Å². The average molecular weight is 409 g/mol. The van der Waals surface area contributed by atoms with Gasteiger partial charge < -0.3 is 9.76 Å². The van der Waals surface area contributed by atoms with E-state index in [0.717, 1.165) is 27.6 Å². The van der Waals surface area contributed by atoms with Crippen LogP contribution in [0.4, 0.5) is 0 Å². The van der Waals surface area contributed by atoms with Crippen molar-refractivity contribution in [3.05, 3.63) is 84.9 Å². The van der Waals surface area contributed by atoms with Crippen LogP contribution >= 0.6 is 0 Å². The van der Waals surface area contributed by atoms with Crippen LogP contribution in [0.5, 0.6) is 0 Å². The summed E-state index contributed by atoms with van der Waals surface area (Å²) < 4.78 is 5.99. The monoisotopic (exact) mass is 409 g/mol. The highest BCUT2D eigenvalue weighted by Crippen LogP contribution is 2.31. The van der Waals surface area contributed by atoms with E-state index in [0.29, 0.717) is 7.48 Å². The molecule has 0 bridgehead atoms. The lowest BCUT2D eigenvalue weighted by Crippen LogP contribution is -2.49. The van der Waals surface area contributed by atoms with Crippen molar-refractivity contribution >= 4 is 23.8 Å². The van der Waals surface area contributed by atoms with E-state index in [2.05, 4.69) is 72.8 Å². The Morgan fingerprint density at radius 1 is 0.774 bits per heavy atom. The Labute approximate surface area is 185 Å². The number of para-hydroxylation sites is 1. The summed E-state index contributed by atoms with van der Waals surface area (Å²) >= 11 is 0. The number of benzene rings is 3. The quantitative estimate of drug-likeness (QED) is 0.450. The summed E-state index contributed by atoms with van der Waals surface area (Å²) in [5.74, 6) is 0. The molecule has 1 heterocycles. The Hall–Kier alpha value is -2.95. The van der Waals surface area contributed by atoms with Crippen molar-refractivity contribution in [3.63, 3.8) is 0 Å². The first-order valence-electron chi connectivity index (χ1n) is 10.7. The fourth-order valence-corrected chi connectivity index (χ4v) is 3.39. The van der Waals surface area contributed by atoms with Gasteiger partial charge >= 0.3 is 7.48 Å². The van der Waals surface area contributed by atoms with Crippen LogP contribution in [0, 0.1) is 0 Å². The summed E-state index contributed by atoms with van der Waals surface area (Å²) in [4.78, 5) is 4.91. The number of pyridine rings is 1. The molecule has 0 saturated heterocycles. The number of hydrogen-bond acceptors (Lipinski definition) is 3. The number of nitrogens with zero attached hydrogens (tertiary/aromatic N) is 1. The van der Waals surface area contributed by atoms with Gasteiger partial charge in [0, 0.05) is 10.9 Å². The summed E-state index contributed by atoms with van der Waals surface area (Å²) in [6.45, 7) is 7.36. The molecule has 156 valence electrons. The predicted octanol–water partition coefficient (Wildman–Crippen LogP) is 5.11. The van der Waals surface area contributed by atoms with Crippen molar-refractivity contribution in [2.24, 2.45) is 0 Å². The highest BCUT2D eigenvalue weighted by Gasteiger charge is 2.35. The molecule has 0 aliphatic heterocycles. The molecule has 1 N–H and O–H groups in total. The van der Waals surface area contributed by atoms with E-state index in [9.17, 15) is 5.11 Å². The van der Waals surface area contributed by atoms with Gasteiger partial charge in [-0.05, 0) is 51.0 Å². The molecule has 0 fully saturated rings. The topological polar surface area (TPSA) is 42.4 Å². The smallest absolute Gasteiger partial charge is 0.309 e. The van der Waals surface area contributed by atoms with E-state index in [1.54, 1.807) is 13.8 Å². The molecule has 0 unspecified atom stereocenters. The van der Waals surface area contributed by atoms with Crippen molar-refractivity contribution in [1.82, 2.24) is 4.98 Å². The first-order valence-corrected chi connectivity index (χ1v) is 10.7. The zero-order valence-corrected chi connectivity index (χ0v) is 18.6. The van der Waals surface area contributed by atoms with E-state index in [1.807, 2.05) is 26.0 Å². The third-order valence-electron chi connectivity index (χ3n) is 6.12.